The van der Waals surface area contributed by atoms with E-state index in [1.165, 1.54) is 30.6 Å². The Bertz CT molecular complexity index is 652. The second-order valence-electron chi connectivity index (χ2n) is 6.17. The minimum atomic E-state index is -0.0561. The number of carbonyl (C=O) groups excluding carboxylic acids is 1. The van der Waals surface area contributed by atoms with Gasteiger partial charge in [-0.15, -0.1) is 10.2 Å². The molecule has 1 atom stereocenters. The first-order chi connectivity index (χ1) is 11.8. The van der Waals surface area contributed by atoms with Gasteiger partial charge in [0, 0.05) is 5.56 Å². The maximum Gasteiger partial charge on any atom is 0.243 e. The number of likely N-dealkylation sites (tertiary alicyclic amines) is 1. The number of benzene rings is 1. The largest absolute Gasteiger partial charge is 0.299 e. The minimum Gasteiger partial charge on any atom is -0.299 e. The number of carbonyl (C=O) groups is 1. The third kappa shape index (κ3) is 4.19. The smallest absolute Gasteiger partial charge is 0.243 e. The summed E-state index contributed by atoms with van der Waals surface area (Å²) in [5.74, 6) is 0.0505. The normalized spacial score (nSPS) is 16.7. The Balaban J connectivity index is 1.67. The lowest BCUT2D eigenvalue weighted by molar-refractivity contribution is -0.122. The van der Waals surface area contributed by atoms with Crippen molar-refractivity contribution in [1.29, 1.82) is 0 Å². The van der Waals surface area contributed by atoms with Crippen LogP contribution in [0.1, 0.15) is 39.0 Å². The second-order valence-corrected chi connectivity index (χ2v) is 7.15. The topological polar surface area (TPSA) is 58.1 Å². The van der Waals surface area contributed by atoms with Crippen LogP contribution in [0.2, 0.25) is 0 Å². The first kappa shape index (κ1) is 17.0. The SMILES string of the molecule is CCCC(C(=O)Nc1nnc(-c2ccccc2)s1)N1CCCCC1. The molecule has 2 aromatic rings. The molecule has 1 aliphatic heterocycles. The van der Waals surface area contributed by atoms with E-state index in [1.54, 1.807) is 0 Å². The van der Waals surface area contributed by atoms with Crippen molar-refractivity contribution in [3.05, 3.63) is 30.3 Å². The third-order valence-electron chi connectivity index (χ3n) is 4.37. The van der Waals surface area contributed by atoms with Crippen molar-refractivity contribution >= 4 is 22.4 Å². The number of aromatic nitrogens is 2. The monoisotopic (exact) mass is 344 g/mol. The first-order valence-electron chi connectivity index (χ1n) is 8.71. The first-order valence-corrected chi connectivity index (χ1v) is 9.53. The van der Waals surface area contributed by atoms with Gasteiger partial charge in [-0.25, -0.2) is 0 Å². The fourth-order valence-corrected chi connectivity index (χ4v) is 3.89. The highest BCUT2D eigenvalue weighted by molar-refractivity contribution is 7.18. The highest BCUT2D eigenvalue weighted by Crippen LogP contribution is 2.26. The Morgan fingerprint density at radius 2 is 1.96 bits per heavy atom. The fourth-order valence-electron chi connectivity index (χ4n) is 3.14. The lowest BCUT2D eigenvalue weighted by Crippen LogP contribution is -2.46. The maximum atomic E-state index is 12.7. The van der Waals surface area contributed by atoms with Gasteiger partial charge < -0.3 is 0 Å². The molecule has 0 radical (unpaired) electrons. The number of amides is 1. The molecule has 5 nitrogen and oxygen atoms in total. The zero-order valence-electron chi connectivity index (χ0n) is 14.1. The van der Waals surface area contributed by atoms with Gasteiger partial charge in [0.25, 0.3) is 0 Å². The number of hydrogen-bond acceptors (Lipinski definition) is 5. The Morgan fingerprint density at radius 3 is 2.67 bits per heavy atom. The maximum absolute atomic E-state index is 12.7. The zero-order valence-corrected chi connectivity index (χ0v) is 14.9. The van der Waals surface area contributed by atoms with Crippen LogP contribution in [0.5, 0.6) is 0 Å². The molecule has 1 saturated heterocycles. The molecule has 0 aliphatic carbocycles. The number of anilines is 1. The van der Waals surface area contributed by atoms with Crippen LogP contribution in [-0.4, -0.2) is 40.1 Å². The van der Waals surface area contributed by atoms with Gasteiger partial charge in [0.05, 0.1) is 6.04 Å². The Kier molecular flexibility index (Phi) is 5.93. The molecule has 1 fully saturated rings. The molecule has 1 aromatic heterocycles. The molecular weight excluding hydrogens is 320 g/mol. The van der Waals surface area contributed by atoms with Crippen molar-refractivity contribution in [3.63, 3.8) is 0 Å². The van der Waals surface area contributed by atoms with E-state index >= 15 is 0 Å². The van der Waals surface area contributed by atoms with Gasteiger partial charge in [-0.1, -0.05) is 61.4 Å². The molecule has 3 rings (SSSR count). The molecule has 2 heterocycles. The minimum absolute atomic E-state index is 0.0505. The average Bonchev–Trinajstić information content (AvgIpc) is 3.09. The van der Waals surface area contributed by atoms with Gasteiger partial charge >= 0.3 is 0 Å². The second kappa shape index (κ2) is 8.35. The molecule has 1 aromatic carbocycles. The van der Waals surface area contributed by atoms with Crippen molar-refractivity contribution in [2.75, 3.05) is 18.4 Å². The summed E-state index contributed by atoms with van der Waals surface area (Å²) < 4.78 is 0. The number of piperidine rings is 1. The van der Waals surface area contributed by atoms with E-state index in [4.69, 9.17) is 0 Å². The average molecular weight is 344 g/mol. The fraction of sp³-hybridized carbons (Fsp3) is 0.500. The van der Waals surface area contributed by atoms with Crippen LogP contribution >= 0.6 is 11.3 Å². The third-order valence-corrected chi connectivity index (χ3v) is 5.26. The predicted molar refractivity (Wildman–Crippen MR) is 98.1 cm³/mol. The number of nitrogens with one attached hydrogen (secondary N) is 1. The van der Waals surface area contributed by atoms with Gasteiger partial charge in [-0.3, -0.25) is 15.0 Å². The molecule has 0 spiro atoms. The van der Waals surface area contributed by atoms with E-state index in [-0.39, 0.29) is 11.9 Å². The lowest BCUT2D eigenvalue weighted by Gasteiger charge is -2.33. The van der Waals surface area contributed by atoms with Crippen LogP contribution in [0.15, 0.2) is 30.3 Å². The van der Waals surface area contributed by atoms with Gasteiger partial charge in [0.1, 0.15) is 5.01 Å². The van der Waals surface area contributed by atoms with E-state index in [9.17, 15) is 4.79 Å². The van der Waals surface area contributed by atoms with Gasteiger partial charge in [-0.05, 0) is 32.4 Å². The van der Waals surface area contributed by atoms with Gasteiger partial charge in [-0.2, -0.15) is 0 Å². The number of nitrogens with zero attached hydrogens (tertiary/aromatic N) is 3. The van der Waals surface area contributed by atoms with Crippen LogP contribution in [0.4, 0.5) is 5.13 Å². The van der Waals surface area contributed by atoms with Crippen molar-refractivity contribution in [1.82, 2.24) is 15.1 Å². The van der Waals surface area contributed by atoms with E-state index in [2.05, 4.69) is 27.3 Å². The molecule has 1 N–H and O–H groups in total. The van der Waals surface area contributed by atoms with Crippen LogP contribution < -0.4 is 5.32 Å². The van der Waals surface area contributed by atoms with Crippen LogP contribution in [0.3, 0.4) is 0 Å². The number of rotatable bonds is 6. The predicted octanol–water partition coefficient (Wildman–Crippen LogP) is 3.80. The molecule has 0 bridgehead atoms. The number of hydrogen-bond donors (Lipinski definition) is 1. The summed E-state index contributed by atoms with van der Waals surface area (Å²) in [6.45, 7) is 4.16. The molecule has 128 valence electrons. The lowest BCUT2D eigenvalue weighted by atomic mass is 10.0. The van der Waals surface area contributed by atoms with E-state index < -0.39 is 0 Å². The molecule has 1 unspecified atom stereocenters. The standard InChI is InChI=1S/C18H24N4OS/c1-2-9-15(22-12-7-4-8-13-22)16(23)19-18-21-20-17(24-18)14-10-5-3-6-11-14/h3,5-6,10-11,15H,2,4,7-9,12-13H2,1H3,(H,19,21,23). The molecular formula is C18H24N4OS. The van der Waals surface area contributed by atoms with E-state index in [1.807, 2.05) is 30.3 Å². The Morgan fingerprint density at radius 1 is 1.21 bits per heavy atom. The molecule has 1 aliphatic rings. The molecule has 1 amide bonds. The summed E-state index contributed by atoms with van der Waals surface area (Å²) in [7, 11) is 0. The summed E-state index contributed by atoms with van der Waals surface area (Å²) in [6, 6.07) is 9.87. The highest BCUT2D eigenvalue weighted by Gasteiger charge is 2.27. The van der Waals surface area contributed by atoms with E-state index in [0.29, 0.717) is 5.13 Å². The quantitative estimate of drug-likeness (QED) is 0.866. The summed E-state index contributed by atoms with van der Waals surface area (Å²) >= 11 is 1.42. The van der Waals surface area contributed by atoms with Gasteiger partial charge in [0.15, 0.2) is 0 Å². The van der Waals surface area contributed by atoms with Crippen molar-refractivity contribution in [2.24, 2.45) is 0 Å². The van der Waals surface area contributed by atoms with Crippen molar-refractivity contribution < 1.29 is 4.79 Å². The highest BCUT2D eigenvalue weighted by atomic mass is 32.1. The zero-order chi connectivity index (χ0) is 16.8. The van der Waals surface area contributed by atoms with E-state index in [0.717, 1.165) is 36.5 Å². The van der Waals surface area contributed by atoms with Gasteiger partial charge in [0.2, 0.25) is 11.0 Å². The summed E-state index contributed by atoms with van der Waals surface area (Å²) in [5, 5.41) is 12.7. The Hall–Kier alpha value is -1.79. The van der Waals surface area contributed by atoms with Crippen LogP contribution in [0.25, 0.3) is 10.6 Å². The summed E-state index contributed by atoms with van der Waals surface area (Å²) in [4.78, 5) is 15.1. The molecule has 6 heteroatoms. The Labute approximate surface area is 147 Å². The van der Waals surface area contributed by atoms with Crippen LogP contribution in [0, 0.1) is 0 Å². The molecule has 0 saturated carbocycles. The van der Waals surface area contributed by atoms with Crippen molar-refractivity contribution in [2.45, 2.75) is 45.1 Å². The van der Waals surface area contributed by atoms with Crippen molar-refractivity contribution in [3.8, 4) is 10.6 Å². The summed E-state index contributed by atoms with van der Waals surface area (Å²) in [5.41, 5.74) is 1.02. The molecule has 24 heavy (non-hydrogen) atoms. The summed E-state index contributed by atoms with van der Waals surface area (Å²) in [6.07, 6.45) is 5.53. The van der Waals surface area contributed by atoms with Crippen LogP contribution in [-0.2, 0) is 4.79 Å².